The second kappa shape index (κ2) is 4.22. The molecule has 1 fully saturated rings. The smallest absolute Gasteiger partial charge is 0.416 e. The molecule has 0 radical (unpaired) electrons. The van der Waals surface area contributed by atoms with Crippen LogP contribution in [0.5, 0.6) is 5.75 Å². The van der Waals surface area contributed by atoms with Crippen LogP contribution >= 0.6 is 0 Å². The fourth-order valence-electron chi connectivity index (χ4n) is 1.87. The van der Waals surface area contributed by atoms with Crippen molar-refractivity contribution in [3.8, 4) is 5.75 Å². The Morgan fingerprint density at radius 3 is 2.47 bits per heavy atom. The highest BCUT2D eigenvalue weighted by Gasteiger charge is 2.34. The van der Waals surface area contributed by atoms with Crippen molar-refractivity contribution in [1.82, 2.24) is 0 Å². The molecule has 2 N–H and O–H groups in total. The molecule has 0 amide bonds. The predicted molar refractivity (Wildman–Crippen MR) is 57.6 cm³/mol. The number of rotatable bonds is 3. The van der Waals surface area contributed by atoms with Crippen LogP contribution in [0, 0.1) is 5.92 Å². The van der Waals surface area contributed by atoms with Gasteiger partial charge in [-0.15, -0.1) is 0 Å². The molecule has 1 aliphatic carbocycles. The molecular weight excluding hydrogens is 231 g/mol. The van der Waals surface area contributed by atoms with Gasteiger partial charge in [0.2, 0.25) is 0 Å². The lowest BCUT2D eigenvalue weighted by molar-refractivity contribution is -0.137. The summed E-state index contributed by atoms with van der Waals surface area (Å²) in [5, 5.41) is 0. The molecule has 5 heteroatoms. The Kier molecular flexibility index (Phi) is 3.03. The van der Waals surface area contributed by atoms with Crippen LogP contribution in [-0.2, 0) is 6.18 Å². The van der Waals surface area contributed by atoms with E-state index in [-0.39, 0.29) is 11.8 Å². The number of halogens is 3. The molecule has 0 bridgehead atoms. The minimum absolute atomic E-state index is 0.222. The molecule has 17 heavy (non-hydrogen) atoms. The van der Waals surface area contributed by atoms with E-state index in [0.29, 0.717) is 11.5 Å². The number of nitrogens with two attached hydrogens (primary N) is 1. The Morgan fingerprint density at radius 2 is 2.00 bits per heavy atom. The van der Waals surface area contributed by atoms with E-state index in [9.17, 15) is 13.2 Å². The van der Waals surface area contributed by atoms with Crippen LogP contribution in [0.25, 0.3) is 0 Å². The zero-order valence-corrected chi connectivity index (χ0v) is 9.42. The summed E-state index contributed by atoms with van der Waals surface area (Å²) in [6.45, 7) is 0. The van der Waals surface area contributed by atoms with Gasteiger partial charge in [-0.05, 0) is 30.9 Å². The second-order valence-electron chi connectivity index (χ2n) is 4.32. The molecule has 0 aliphatic heterocycles. The summed E-state index contributed by atoms with van der Waals surface area (Å²) in [7, 11) is 1.36. The lowest BCUT2D eigenvalue weighted by Crippen LogP contribution is -2.14. The average molecular weight is 245 g/mol. The highest BCUT2D eigenvalue weighted by atomic mass is 19.4. The normalized spacial score (nSPS) is 17.9. The third-order valence-corrected chi connectivity index (χ3v) is 3.05. The average Bonchev–Trinajstić information content (AvgIpc) is 3.09. The number of hydrogen-bond acceptors (Lipinski definition) is 2. The van der Waals surface area contributed by atoms with Crippen LogP contribution in [0.15, 0.2) is 18.2 Å². The Labute approximate surface area is 97.6 Å². The molecule has 0 spiro atoms. The summed E-state index contributed by atoms with van der Waals surface area (Å²) in [6, 6.07) is 3.26. The number of hydrogen-bond donors (Lipinski definition) is 1. The topological polar surface area (TPSA) is 35.2 Å². The van der Waals surface area contributed by atoms with Gasteiger partial charge in [-0.2, -0.15) is 13.2 Å². The summed E-state index contributed by atoms with van der Waals surface area (Å²) in [6.07, 6.45) is -2.29. The Morgan fingerprint density at radius 1 is 1.35 bits per heavy atom. The fourth-order valence-corrected chi connectivity index (χ4v) is 1.87. The summed E-state index contributed by atoms with van der Waals surface area (Å²) in [4.78, 5) is 0. The number of alkyl halides is 3. The largest absolute Gasteiger partial charge is 0.496 e. The molecule has 2 rings (SSSR count). The van der Waals surface area contributed by atoms with Crippen molar-refractivity contribution < 1.29 is 17.9 Å². The Bertz CT molecular complexity index is 413. The van der Waals surface area contributed by atoms with Crippen LogP contribution in [0.2, 0.25) is 0 Å². The number of methoxy groups -OCH3 is 1. The molecule has 0 unspecified atom stereocenters. The molecule has 1 atom stereocenters. The van der Waals surface area contributed by atoms with Gasteiger partial charge < -0.3 is 10.5 Å². The van der Waals surface area contributed by atoms with Crippen molar-refractivity contribution >= 4 is 0 Å². The van der Waals surface area contributed by atoms with Crippen molar-refractivity contribution in [2.45, 2.75) is 25.1 Å². The third-order valence-electron chi connectivity index (χ3n) is 3.05. The van der Waals surface area contributed by atoms with Crippen LogP contribution < -0.4 is 10.5 Å². The first-order valence-electron chi connectivity index (χ1n) is 5.44. The van der Waals surface area contributed by atoms with E-state index in [1.54, 1.807) is 0 Å². The fraction of sp³-hybridized carbons (Fsp3) is 0.500. The van der Waals surface area contributed by atoms with Gasteiger partial charge in [0.25, 0.3) is 0 Å². The van der Waals surface area contributed by atoms with Crippen molar-refractivity contribution in [2.24, 2.45) is 11.7 Å². The lowest BCUT2D eigenvalue weighted by atomic mass is 10.0. The molecule has 94 valence electrons. The van der Waals surface area contributed by atoms with E-state index in [4.69, 9.17) is 10.5 Å². The first-order valence-corrected chi connectivity index (χ1v) is 5.44. The first-order chi connectivity index (χ1) is 7.93. The first kappa shape index (κ1) is 12.2. The quantitative estimate of drug-likeness (QED) is 0.888. The van der Waals surface area contributed by atoms with Crippen LogP contribution in [-0.4, -0.2) is 7.11 Å². The van der Waals surface area contributed by atoms with E-state index >= 15 is 0 Å². The Balaban J connectivity index is 2.34. The van der Waals surface area contributed by atoms with Gasteiger partial charge in [0, 0.05) is 11.6 Å². The number of benzene rings is 1. The minimum Gasteiger partial charge on any atom is -0.496 e. The van der Waals surface area contributed by atoms with Crippen molar-refractivity contribution in [3.63, 3.8) is 0 Å². The minimum atomic E-state index is -4.35. The lowest BCUT2D eigenvalue weighted by Gasteiger charge is -2.17. The maximum absolute atomic E-state index is 12.5. The third kappa shape index (κ3) is 2.54. The molecule has 1 aliphatic rings. The van der Waals surface area contributed by atoms with Gasteiger partial charge >= 0.3 is 6.18 Å². The monoisotopic (exact) mass is 245 g/mol. The second-order valence-corrected chi connectivity index (χ2v) is 4.32. The predicted octanol–water partition coefficient (Wildman–Crippen LogP) is 3.12. The summed E-state index contributed by atoms with van der Waals surface area (Å²) in [5.74, 6) is 0.597. The standard InChI is InChI=1S/C12H14F3NO/c1-17-10-6-8(12(13,14)15)4-5-9(10)11(16)7-2-3-7/h4-7,11H,2-3,16H2,1H3/t11-/m1/s1. The van der Waals surface area contributed by atoms with Gasteiger partial charge in [-0.3, -0.25) is 0 Å². The van der Waals surface area contributed by atoms with E-state index in [2.05, 4.69) is 0 Å². The summed E-state index contributed by atoms with van der Waals surface area (Å²) >= 11 is 0. The molecule has 0 heterocycles. The van der Waals surface area contributed by atoms with Crippen LogP contribution in [0.4, 0.5) is 13.2 Å². The molecule has 1 saturated carbocycles. The summed E-state index contributed by atoms with van der Waals surface area (Å²) in [5.41, 5.74) is 5.92. The zero-order chi connectivity index (χ0) is 12.6. The highest BCUT2D eigenvalue weighted by Crippen LogP contribution is 2.43. The van der Waals surface area contributed by atoms with Gasteiger partial charge in [-0.1, -0.05) is 6.07 Å². The molecule has 1 aromatic rings. The zero-order valence-electron chi connectivity index (χ0n) is 9.42. The molecular formula is C12H14F3NO. The highest BCUT2D eigenvalue weighted by molar-refractivity contribution is 5.41. The molecule has 0 saturated heterocycles. The number of ether oxygens (including phenoxy) is 1. The van der Waals surface area contributed by atoms with Gasteiger partial charge in [0.15, 0.2) is 0 Å². The van der Waals surface area contributed by atoms with Crippen molar-refractivity contribution in [3.05, 3.63) is 29.3 Å². The van der Waals surface area contributed by atoms with Crippen LogP contribution in [0.3, 0.4) is 0 Å². The maximum atomic E-state index is 12.5. The van der Waals surface area contributed by atoms with Gasteiger partial charge in [-0.25, -0.2) is 0 Å². The van der Waals surface area contributed by atoms with Crippen molar-refractivity contribution in [2.75, 3.05) is 7.11 Å². The van der Waals surface area contributed by atoms with Crippen LogP contribution in [0.1, 0.15) is 30.0 Å². The maximum Gasteiger partial charge on any atom is 0.416 e. The SMILES string of the molecule is COc1cc(C(F)(F)F)ccc1[C@H](N)C1CC1. The summed E-state index contributed by atoms with van der Waals surface area (Å²) < 4.78 is 42.6. The van der Waals surface area contributed by atoms with Gasteiger partial charge in [0.1, 0.15) is 5.75 Å². The van der Waals surface area contributed by atoms with Gasteiger partial charge in [0.05, 0.1) is 12.7 Å². The molecule has 0 aromatic heterocycles. The van der Waals surface area contributed by atoms with E-state index in [1.165, 1.54) is 13.2 Å². The van der Waals surface area contributed by atoms with Crippen molar-refractivity contribution in [1.29, 1.82) is 0 Å². The van der Waals surface area contributed by atoms with E-state index in [0.717, 1.165) is 25.0 Å². The Hall–Kier alpha value is -1.23. The molecule has 2 nitrogen and oxygen atoms in total. The van der Waals surface area contributed by atoms with E-state index < -0.39 is 11.7 Å². The molecule has 1 aromatic carbocycles. The van der Waals surface area contributed by atoms with E-state index in [1.807, 2.05) is 0 Å².